The number of ether oxygens (including phenoxy) is 1. The average molecular weight is 417 g/mol. The van der Waals surface area contributed by atoms with Crippen LogP contribution in [0.1, 0.15) is 33.2 Å². The second kappa shape index (κ2) is 8.19. The number of esters is 1. The molecule has 1 aliphatic rings. The highest BCUT2D eigenvalue weighted by atomic mass is 16.5. The molecule has 3 aromatic rings. The summed E-state index contributed by atoms with van der Waals surface area (Å²) in [6.45, 7) is 0. The van der Waals surface area contributed by atoms with Gasteiger partial charge in [0.05, 0.1) is 23.8 Å². The lowest BCUT2D eigenvalue weighted by Crippen LogP contribution is -2.36. The van der Waals surface area contributed by atoms with Crippen molar-refractivity contribution in [3.05, 3.63) is 89.0 Å². The van der Waals surface area contributed by atoms with Gasteiger partial charge in [0.15, 0.2) is 6.17 Å². The molecular formula is C23H19N3O5. The Labute approximate surface area is 177 Å². The van der Waals surface area contributed by atoms with Gasteiger partial charge in [-0.05, 0) is 36.4 Å². The Morgan fingerprint density at radius 1 is 0.871 bits per heavy atom. The van der Waals surface area contributed by atoms with Crippen LogP contribution in [-0.4, -0.2) is 40.1 Å². The molecule has 0 radical (unpaired) electrons. The van der Waals surface area contributed by atoms with Crippen molar-refractivity contribution in [3.63, 3.8) is 0 Å². The number of nitrogens with one attached hydrogen (secondary N) is 1. The molecule has 0 aliphatic carbocycles. The summed E-state index contributed by atoms with van der Waals surface area (Å²) in [4.78, 5) is 21.0. The Kier molecular flexibility index (Phi) is 5.28. The zero-order chi connectivity index (χ0) is 22.0. The minimum Gasteiger partial charge on any atom is -0.507 e. The summed E-state index contributed by atoms with van der Waals surface area (Å²) in [5.41, 5.74) is 1.43. The molecule has 0 amide bonds. The van der Waals surface area contributed by atoms with Gasteiger partial charge in [-0.3, -0.25) is 0 Å². The van der Waals surface area contributed by atoms with Crippen molar-refractivity contribution >= 4 is 17.6 Å². The maximum atomic E-state index is 11.9. The van der Waals surface area contributed by atoms with E-state index in [-0.39, 0.29) is 22.8 Å². The molecular weight excluding hydrogens is 398 g/mol. The second-order valence-corrected chi connectivity index (χ2v) is 6.75. The van der Waals surface area contributed by atoms with Crippen LogP contribution < -0.4 is 5.32 Å². The topological polar surface area (TPSA) is 124 Å². The van der Waals surface area contributed by atoms with E-state index in [0.29, 0.717) is 28.4 Å². The summed E-state index contributed by atoms with van der Waals surface area (Å²) in [5.74, 6) is -0.204. The molecule has 8 heteroatoms. The number of aliphatic imine (C=N–C) groups is 2. The molecule has 1 heterocycles. The minimum absolute atomic E-state index is 0.00133. The maximum Gasteiger partial charge on any atom is 0.337 e. The fourth-order valence-electron chi connectivity index (χ4n) is 3.25. The molecule has 1 aliphatic heterocycles. The molecule has 4 rings (SSSR count). The van der Waals surface area contributed by atoms with Crippen molar-refractivity contribution in [1.29, 1.82) is 0 Å². The molecule has 4 N–H and O–H groups in total. The summed E-state index contributed by atoms with van der Waals surface area (Å²) < 4.78 is 4.78. The standard InChI is InChI=1S/C23H19N3O5/c1-31-23(30)14-7-4-6-13(12-14)20-24-21(15-8-2-3-9-16(15)27)26-22(25-20)19-17(28)10-5-11-18(19)29/h2-12,22,27-29H,1H3,(H,24,25,26). The van der Waals surface area contributed by atoms with Crippen LogP contribution in [0.4, 0.5) is 0 Å². The molecule has 3 aromatic carbocycles. The van der Waals surface area contributed by atoms with E-state index in [0.717, 1.165) is 0 Å². The van der Waals surface area contributed by atoms with Gasteiger partial charge in [-0.2, -0.15) is 0 Å². The largest absolute Gasteiger partial charge is 0.507 e. The van der Waals surface area contributed by atoms with Crippen molar-refractivity contribution in [3.8, 4) is 17.2 Å². The van der Waals surface area contributed by atoms with Crippen LogP contribution in [0, 0.1) is 0 Å². The van der Waals surface area contributed by atoms with Gasteiger partial charge in [0.2, 0.25) is 0 Å². The van der Waals surface area contributed by atoms with Gasteiger partial charge >= 0.3 is 5.97 Å². The lowest BCUT2D eigenvalue weighted by Gasteiger charge is -2.23. The molecule has 1 atom stereocenters. The predicted molar refractivity (Wildman–Crippen MR) is 115 cm³/mol. The van der Waals surface area contributed by atoms with Crippen LogP contribution in [-0.2, 0) is 4.74 Å². The zero-order valence-electron chi connectivity index (χ0n) is 16.5. The third kappa shape index (κ3) is 3.91. The number of carbonyl (C=O) groups excluding carboxylic acids is 1. The van der Waals surface area contributed by atoms with Gasteiger partial charge < -0.3 is 25.4 Å². The molecule has 8 nitrogen and oxygen atoms in total. The number of hydrogen-bond acceptors (Lipinski definition) is 8. The number of benzene rings is 3. The van der Waals surface area contributed by atoms with Crippen molar-refractivity contribution in [2.45, 2.75) is 6.17 Å². The molecule has 0 saturated carbocycles. The van der Waals surface area contributed by atoms with Crippen molar-refractivity contribution in [1.82, 2.24) is 5.32 Å². The van der Waals surface area contributed by atoms with E-state index in [1.807, 2.05) is 0 Å². The van der Waals surface area contributed by atoms with Crippen LogP contribution in [0.25, 0.3) is 0 Å². The highest BCUT2D eigenvalue weighted by Crippen LogP contribution is 2.37. The van der Waals surface area contributed by atoms with Crippen LogP contribution in [0.15, 0.2) is 76.7 Å². The number of methoxy groups -OCH3 is 1. The number of hydrogen-bond donors (Lipinski definition) is 4. The van der Waals surface area contributed by atoms with E-state index in [4.69, 9.17) is 4.74 Å². The number of amidine groups is 2. The van der Waals surface area contributed by atoms with E-state index < -0.39 is 12.1 Å². The van der Waals surface area contributed by atoms with Gasteiger partial charge in [-0.1, -0.05) is 30.3 Å². The van der Waals surface area contributed by atoms with Crippen molar-refractivity contribution < 1.29 is 24.9 Å². The minimum atomic E-state index is -0.992. The fourth-order valence-corrected chi connectivity index (χ4v) is 3.25. The molecule has 0 spiro atoms. The molecule has 0 aromatic heterocycles. The molecule has 31 heavy (non-hydrogen) atoms. The Bertz CT molecular complexity index is 1200. The van der Waals surface area contributed by atoms with Crippen LogP contribution in [0.2, 0.25) is 0 Å². The Hall–Kier alpha value is -4.33. The normalized spacial score (nSPS) is 15.5. The van der Waals surface area contributed by atoms with Crippen molar-refractivity contribution in [2.75, 3.05) is 7.11 Å². The molecule has 0 fully saturated rings. The molecule has 0 saturated heterocycles. The molecule has 0 bridgehead atoms. The Morgan fingerprint density at radius 3 is 2.23 bits per heavy atom. The smallest absolute Gasteiger partial charge is 0.337 e. The quantitative estimate of drug-likeness (QED) is 0.484. The molecule has 156 valence electrons. The SMILES string of the molecule is COC(=O)c1cccc(C2=NC(c3c(O)cccc3O)N=C(c3ccccc3O)N2)c1. The van der Waals surface area contributed by atoms with E-state index in [1.54, 1.807) is 42.5 Å². The Morgan fingerprint density at radius 2 is 1.52 bits per heavy atom. The number of para-hydroxylation sites is 1. The van der Waals surface area contributed by atoms with Gasteiger partial charge in [0.25, 0.3) is 0 Å². The first kappa shape index (κ1) is 20.0. The van der Waals surface area contributed by atoms with Gasteiger partial charge in [0, 0.05) is 5.56 Å². The summed E-state index contributed by atoms with van der Waals surface area (Å²) >= 11 is 0. The summed E-state index contributed by atoms with van der Waals surface area (Å²) in [6.07, 6.45) is -0.992. The van der Waals surface area contributed by atoms with Crippen LogP contribution in [0.3, 0.4) is 0 Å². The lowest BCUT2D eigenvalue weighted by molar-refractivity contribution is 0.0600. The number of carbonyl (C=O) groups is 1. The monoisotopic (exact) mass is 417 g/mol. The first-order valence-corrected chi connectivity index (χ1v) is 9.38. The van der Waals surface area contributed by atoms with E-state index in [9.17, 15) is 20.1 Å². The summed E-state index contributed by atoms with van der Waals surface area (Å²) in [5, 5.41) is 34.1. The lowest BCUT2D eigenvalue weighted by atomic mass is 10.1. The first-order chi connectivity index (χ1) is 15.0. The van der Waals surface area contributed by atoms with E-state index in [2.05, 4.69) is 15.3 Å². The molecule has 1 unspecified atom stereocenters. The number of aromatic hydroxyl groups is 3. The number of rotatable bonds is 4. The summed E-state index contributed by atoms with van der Waals surface area (Å²) in [6, 6.07) is 17.6. The number of phenolic OH excluding ortho intramolecular Hbond substituents is 3. The second-order valence-electron chi connectivity index (χ2n) is 6.75. The third-order valence-electron chi connectivity index (χ3n) is 4.77. The highest BCUT2D eigenvalue weighted by molar-refractivity contribution is 6.17. The van der Waals surface area contributed by atoms with Gasteiger partial charge in [-0.15, -0.1) is 0 Å². The van der Waals surface area contributed by atoms with E-state index in [1.165, 1.54) is 31.4 Å². The maximum absolute atomic E-state index is 11.9. The Balaban J connectivity index is 1.85. The average Bonchev–Trinajstić information content (AvgIpc) is 2.78. The van der Waals surface area contributed by atoms with Crippen LogP contribution >= 0.6 is 0 Å². The van der Waals surface area contributed by atoms with Gasteiger partial charge in [0.1, 0.15) is 28.9 Å². The van der Waals surface area contributed by atoms with Crippen LogP contribution in [0.5, 0.6) is 17.2 Å². The van der Waals surface area contributed by atoms with Gasteiger partial charge in [-0.25, -0.2) is 14.8 Å². The fraction of sp³-hybridized carbons (Fsp3) is 0.0870. The van der Waals surface area contributed by atoms with Crippen molar-refractivity contribution in [2.24, 2.45) is 9.98 Å². The predicted octanol–water partition coefficient (Wildman–Crippen LogP) is 3.09. The first-order valence-electron chi connectivity index (χ1n) is 9.38. The summed E-state index contributed by atoms with van der Waals surface area (Å²) in [7, 11) is 1.30. The van der Waals surface area contributed by atoms with E-state index >= 15 is 0 Å². The number of phenols is 3. The third-order valence-corrected chi connectivity index (χ3v) is 4.77. The zero-order valence-corrected chi connectivity index (χ0v) is 16.5. The highest BCUT2D eigenvalue weighted by Gasteiger charge is 2.26. The number of nitrogens with zero attached hydrogens (tertiary/aromatic N) is 2.